The maximum Gasteiger partial charge on any atom is 0.138 e. The maximum absolute atomic E-state index is 4.79. The first-order valence-electron chi connectivity index (χ1n) is 6.60. The van der Waals surface area contributed by atoms with Crippen LogP contribution in [0.4, 0.5) is 0 Å². The van der Waals surface area contributed by atoms with Crippen LogP contribution in [0.25, 0.3) is 22.4 Å². The molecule has 19 heavy (non-hydrogen) atoms. The summed E-state index contributed by atoms with van der Waals surface area (Å²) in [6.07, 6.45) is 0. The first kappa shape index (κ1) is 12.0. The highest BCUT2D eigenvalue weighted by molar-refractivity contribution is 5.83. The third-order valence-corrected chi connectivity index (χ3v) is 3.37. The number of hydrogen-bond donors (Lipinski definition) is 1. The number of aromatic nitrogens is 2. The van der Waals surface area contributed by atoms with Gasteiger partial charge in [0.1, 0.15) is 5.82 Å². The van der Waals surface area contributed by atoms with Crippen LogP contribution in [-0.2, 0) is 5.41 Å². The number of para-hydroxylation sites is 1. The van der Waals surface area contributed by atoms with Gasteiger partial charge < -0.3 is 4.98 Å². The van der Waals surface area contributed by atoms with E-state index >= 15 is 0 Å². The van der Waals surface area contributed by atoms with Crippen molar-refractivity contribution < 1.29 is 0 Å². The van der Waals surface area contributed by atoms with Crippen molar-refractivity contribution in [2.24, 2.45) is 0 Å². The smallest absolute Gasteiger partial charge is 0.138 e. The molecule has 3 rings (SSSR count). The Kier molecular flexibility index (Phi) is 2.67. The van der Waals surface area contributed by atoms with Crippen molar-refractivity contribution in [3.8, 4) is 11.4 Å². The van der Waals surface area contributed by atoms with Crippen LogP contribution in [0.1, 0.15) is 26.3 Å². The molecule has 2 heteroatoms. The molecule has 0 amide bonds. The molecule has 0 aliphatic rings. The number of imidazole rings is 1. The number of hydrogen-bond acceptors (Lipinski definition) is 1. The number of benzene rings is 2. The largest absolute Gasteiger partial charge is 0.338 e. The lowest BCUT2D eigenvalue weighted by atomic mass is 9.86. The van der Waals surface area contributed by atoms with Crippen LogP contribution in [0.5, 0.6) is 0 Å². The lowest BCUT2D eigenvalue weighted by molar-refractivity contribution is 0.595. The Morgan fingerprint density at radius 1 is 0.895 bits per heavy atom. The Bertz CT molecular complexity index is 703. The molecule has 2 aromatic carbocycles. The van der Waals surface area contributed by atoms with Crippen molar-refractivity contribution in [1.82, 2.24) is 9.97 Å². The molecule has 0 aliphatic heterocycles. The summed E-state index contributed by atoms with van der Waals surface area (Å²) in [6.45, 7) is 6.66. The zero-order valence-corrected chi connectivity index (χ0v) is 11.6. The Labute approximate surface area is 113 Å². The molecule has 0 radical (unpaired) electrons. The van der Waals surface area contributed by atoms with Crippen LogP contribution in [0, 0.1) is 0 Å². The van der Waals surface area contributed by atoms with Gasteiger partial charge >= 0.3 is 0 Å². The Balaban J connectivity index is 2.22. The van der Waals surface area contributed by atoms with Crippen LogP contribution < -0.4 is 0 Å². The second-order valence-electron chi connectivity index (χ2n) is 5.90. The minimum atomic E-state index is 0.0999. The second kappa shape index (κ2) is 4.23. The van der Waals surface area contributed by atoms with E-state index in [-0.39, 0.29) is 5.41 Å². The van der Waals surface area contributed by atoms with Crippen LogP contribution in [-0.4, -0.2) is 9.97 Å². The SMILES string of the molecule is CC(C)(C)c1cccc2[nH]c(-c3ccccc3)nc12. The fourth-order valence-electron chi connectivity index (χ4n) is 2.37. The summed E-state index contributed by atoms with van der Waals surface area (Å²) in [5, 5.41) is 0. The molecule has 1 heterocycles. The Hall–Kier alpha value is -2.09. The van der Waals surface area contributed by atoms with Gasteiger partial charge in [0.15, 0.2) is 0 Å². The van der Waals surface area contributed by atoms with Gasteiger partial charge in [0.05, 0.1) is 11.0 Å². The average molecular weight is 250 g/mol. The summed E-state index contributed by atoms with van der Waals surface area (Å²) >= 11 is 0. The molecule has 96 valence electrons. The van der Waals surface area contributed by atoms with Gasteiger partial charge in [-0.05, 0) is 17.0 Å². The van der Waals surface area contributed by atoms with E-state index in [9.17, 15) is 0 Å². The number of nitrogens with zero attached hydrogens (tertiary/aromatic N) is 1. The van der Waals surface area contributed by atoms with Gasteiger partial charge in [0, 0.05) is 5.56 Å². The lowest BCUT2D eigenvalue weighted by Gasteiger charge is -2.19. The molecular formula is C17H18N2. The van der Waals surface area contributed by atoms with Crippen molar-refractivity contribution in [3.05, 3.63) is 54.1 Å². The Morgan fingerprint density at radius 2 is 1.63 bits per heavy atom. The van der Waals surface area contributed by atoms with E-state index in [0.717, 1.165) is 22.4 Å². The van der Waals surface area contributed by atoms with Gasteiger partial charge in [0.25, 0.3) is 0 Å². The standard InChI is InChI=1S/C17H18N2/c1-17(2,3)13-10-7-11-14-15(13)19-16(18-14)12-8-5-4-6-9-12/h4-11H,1-3H3,(H,18,19). The van der Waals surface area contributed by atoms with Crippen molar-refractivity contribution in [2.45, 2.75) is 26.2 Å². The number of H-pyrrole nitrogens is 1. The molecular weight excluding hydrogens is 232 g/mol. The normalized spacial score (nSPS) is 11.9. The van der Waals surface area contributed by atoms with E-state index < -0.39 is 0 Å². The highest BCUT2D eigenvalue weighted by atomic mass is 14.9. The van der Waals surface area contributed by atoms with Gasteiger partial charge in [-0.2, -0.15) is 0 Å². The number of nitrogens with one attached hydrogen (secondary N) is 1. The Morgan fingerprint density at radius 3 is 2.32 bits per heavy atom. The van der Waals surface area contributed by atoms with E-state index in [4.69, 9.17) is 4.98 Å². The number of aromatic amines is 1. The average Bonchev–Trinajstić information content (AvgIpc) is 2.82. The highest BCUT2D eigenvalue weighted by Crippen LogP contribution is 2.30. The molecule has 0 atom stereocenters. The summed E-state index contributed by atoms with van der Waals surface area (Å²) in [6, 6.07) is 16.6. The molecule has 1 aromatic heterocycles. The van der Waals surface area contributed by atoms with Crippen LogP contribution in [0.3, 0.4) is 0 Å². The van der Waals surface area contributed by atoms with E-state index in [2.05, 4.69) is 56.1 Å². The fraction of sp³-hybridized carbons (Fsp3) is 0.235. The van der Waals surface area contributed by atoms with Gasteiger partial charge in [-0.1, -0.05) is 63.2 Å². The molecule has 0 unspecified atom stereocenters. The number of fused-ring (bicyclic) bond motifs is 1. The van der Waals surface area contributed by atoms with Gasteiger partial charge in [-0.25, -0.2) is 4.98 Å². The molecule has 2 nitrogen and oxygen atoms in total. The third kappa shape index (κ3) is 2.14. The fourth-order valence-corrected chi connectivity index (χ4v) is 2.37. The minimum absolute atomic E-state index is 0.0999. The van der Waals surface area contributed by atoms with Gasteiger partial charge in [-0.3, -0.25) is 0 Å². The van der Waals surface area contributed by atoms with Gasteiger partial charge in [-0.15, -0.1) is 0 Å². The lowest BCUT2D eigenvalue weighted by Crippen LogP contribution is -2.11. The zero-order chi connectivity index (χ0) is 13.5. The van der Waals surface area contributed by atoms with Gasteiger partial charge in [0.2, 0.25) is 0 Å². The molecule has 0 aliphatic carbocycles. The van der Waals surface area contributed by atoms with Crippen molar-refractivity contribution in [1.29, 1.82) is 0 Å². The molecule has 3 aromatic rings. The minimum Gasteiger partial charge on any atom is -0.338 e. The summed E-state index contributed by atoms with van der Waals surface area (Å²) in [5.74, 6) is 0.937. The predicted octanol–water partition coefficient (Wildman–Crippen LogP) is 4.53. The van der Waals surface area contributed by atoms with E-state index in [0.29, 0.717) is 0 Å². The summed E-state index contributed by atoms with van der Waals surface area (Å²) in [4.78, 5) is 8.21. The second-order valence-corrected chi connectivity index (χ2v) is 5.90. The summed E-state index contributed by atoms with van der Waals surface area (Å²) in [5.41, 5.74) is 4.69. The zero-order valence-electron chi connectivity index (χ0n) is 11.6. The quantitative estimate of drug-likeness (QED) is 0.675. The van der Waals surface area contributed by atoms with Crippen molar-refractivity contribution in [2.75, 3.05) is 0 Å². The topological polar surface area (TPSA) is 28.7 Å². The van der Waals surface area contributed by atoms with Crippen LogP contribution in [0.2, 0.25) is 0 Å². The van der Waals surface area contributed by atoms with Crippen LogP contribution >= 0.6 is 0 Å². The van der Waals surface area contributed by atoms with E-state index in [1.807, 2.05) is 18.2 Å². The molecule has 0 saturated heterocycles. The molecule has 0 spiro atoms. The molecule has 1 N–H and O–H groups in total. The monoisotopic (exact) mass is 250 g/mol. The van der Waals surface area contributed by atoms with E-state index in [1.165, 1.54) is 5.56 Å². The first-order chi connectivity index (χ1) is 9.05. The maximum atomic E-state index is 4.79. The molecule has 0 saturated carbocycles. The highest BCUT2D eigenvalue weighted by Gasteiger charge is 2.19. The molecule has 0 fully saturated rings. The van der Waals surface area contributed by atoms with Crippen LogP contribution in [0.15, 0.2) is 48.5 Å². The van der Waals surface area contributed by atoms with Crippen molar-refractivity contribution in [3.63, 3.8) is 0 Å². The summed E-state index contributed by atoms with van der Waals surface area (Å²) < 4.78 is 0. The third-order valence-electron chi connectivity index (χ3n) is 3.37. The number of rotatable bonds is 1. The first-order valence-corrected chi connectivity index (χ1v) is 6.60. The predicted molar refractivity (Wildman–Crippen MR) is 80.2 cm³/mol. The van der Waals surface area contributed by atoms with Crippen molar-refractivity contribution >= 4 is 11.0 Å². The molecule has 0 bridgehead atoms. The van der Waals surface area contributed by atoms with E-state index in [1.54, 1.807) is 0 Å². The summed E-state index contributed by atoms with van der Waals surface area (Å²) in [7, 11) is 0.